The van der Waals surface area contributed by atoms with Crippen molar-refractivity contribution >= 4 is 70.5 Å². The molecule has 9 saturated carbocycles. The number of fused-ring (bicyclic) bond motifs is 15. The van der Waals surface area contributed by atoms with E-state index in [0.29, 0.717) is 91.1 Å². The number of aromatic nitrogens is 9. The Labute approximate surface area is 864 Å². The van der Waals surface area contributed by atoms with Crippen LogP contribution < -0.4 is 0 Å². The van der Waals surface area contributed by atoms with Crippen LogP contribution in [0.2, 0.25) is 0 Å². The van der Waals surface area contributed by atoms with E-state index < -0.39 is 145 Å². The lowest BCUT2D eigenvalue weighted by Gasteiger charge is -2.59. The first kappa shape index (κ1) is 110. The second-order valence-electron chi connectivity index (χ2n) is 46.4. The summed E-state index contributed by atoms with van der Waals surface area (Å²) in [6.45, 7) is 6.10. The summed E-state index contributed by atoms with van der Waals surface area (Å²) in [6, 6.07) is 0. The molecule has 4 heterocycles. The highest BCUT2D eigenvalue weighted by molar-refractivity contribution is 5.96. The molecule has 39 nitrogen and oxygen atoms in total. The molecule has 1 aliphatic heterocycles. The van der Waals surface area contributed by atoms with Crippen LogP contribution in [0.5, 0.6) is 0 Å². The van der Waals surface area contributed by atoms with Gasteiger partial charge in [0.2, 0.25) is 53.2 Å². The van der Waals surface area contributed by atoms with Crippen LogP contribution in [0.1, 0.15) is 232 Å². The summed E-state index contributed by atoms with van der Waals surface area (Å²) in [5.74, 6) is -3.07. The van der Waals surface area contributed by atoms with Gasteiger partial charge in [0.15, 0.2) is 17.3 Å². The van der Waals surface area contributed by atoms with Gasteiger partial charge in [0.25, 0.3) is 0 Å². The van der Waals surface area contributed by atoms with Gasteiger partial charge in [-0.2, -0.15) is 0 Å². The van der Waals surface area contributed by atoms with Crippen LogP contribution in [0.25, 0.3) is 0 Å². The number of aliphatic hydroxyl groups is 3. The average molecular weight is 2050 g/mol. The molecule has 16 rings (SSSR count). The maximum atomic E-state index is 15.7. The zero-order chi connectivity index (χ0) is 105. The largest absolute Gasteiger partial charge is 0.383 e. The van der Waals surface area contributed by atoms with Gasteiger partial charge < -0.3 is 87.8 Å². The van der Waals surface area contributed by atoms with Gasteiger partial charge in [-0.15, -0.1) is 15.3 Å². The van der Waals surface area contributed by atoms with E-state index in [4.69, 9.17) is 28.4 Å². The lowest BCUT2D eigenvalue weighted by Crippen LogP contribution is -2.53. The molecule has 0 bridgehead atoms. The molecule has 12 aliphatic carbocycles. The smallest absolute Gasteiger partial charge is 0.242 e. The molecule has 13 aliphatic rings. The van der Waals surface area contributed by atoms with Crippen molar-refractivity contribution in [3.05, 3.63) is 70.6 Å². The number of amides is 9. The number of rotatable bonds is 33. The van der Waals surface area contributed by atoms with E-state index >= 15 is 43.2 Å². The van der Waals surface area contributed by atoms with E-state index in [1.165, 1.54) is 103 Å². The Kier molecular flexibility index (Phi) is 34.5. The number of methoxy groups -OCH3 is 6. The Morgan fingerprint density at radius 3 is 0.680 bits per heavy atom. The van der Waals surface area contributed by atoms with Gasteiger partial charge in [-0.1, -0.05) is 73.9 Å². The molecule has 1 saturated heterocycles. The van der Waals surface area contributed by atoms with Crippen LogP contribution in [0.4, 0.5) is 0 Å². The molecule has 0 radical (unpaired) electrons. The summed E-state index contributed by atoms with van der Waals surface area (Å²) in [7, 11) is 8.55. The minimum atomic E-state index is -1.32. The first-order valence-electron chi connectivity index (χ1n) is 54.3. The van der Waals surface area contributed by atoms with Crippen LogP contribution in [0.3, 0.4) is 0 Å². The molecular weight excluding hydrogens is 1890 g/mol. The molecule has 18 atom stereocenters. The van der Waals surface area contributed by atoms with E-state index in [9.17, 15) is 29.7 Å². The minimum absolute atomic E-state index is 0.0720. The fourth-order valence-electron chi connectivity index (χ4n) is 30.3. The number of hydrogen-bond donors (Lipinski definition) is 3. The van der Waals surface area contributed by atoms with E-state index in [2.05, 4.69) is 72.5 Å². The number of carbonyl (C=O) groups excluding carboxylic acids is 12. The molecule has 39 heteroatoms. The summed E-state index contributed by atoms with van der Waals surface area (Å²) >= 11 is 0. The fourth-order valence-corrected chi connectivity index (χ4v) is 30.3. The van der Waals surface area contributed by atoms with E-state index in [-0.39, 0.29) is 189 Å². The zero-order valence-corrected chi connectivity index (χ0v) is 89.1. The third kappa shape index (κ3) is 21.9. The van der Waals surface area contributed by atoms with E-state index in [0.717, 1.165) is 116 Å². The Balaban J connectivity index is 0.686. The highest BCUT2D eigenvalue weighted by Gasteiger charge is 2.69. The highest BCUT2D eigenvalue weighted by atomic mass is 16.5. The summed E-state index contributed by atoms with van der Waals surface area (Å²) in [5.41, 5.74) is -0.703. The monoisotopic (exact) mass is 2050 g/mol. The number of carbonyl (C=O) groups is 12. The Morgan fingerprint density at radius 1 is 0.265 bits per heavy atom. The molecule has 3 aromatic heterocycles. The normalized spacial score (nSPS) is 33.9. The Bertz CT molecular complexity index is 4880. The third-order valence-corrected chi connectivity index (χ3v) is 39.2. The molecule has 10 fully saturated rings. The highest BCUT2D eigenvalue weighted by Crippen LogP contribution is 2.73. The summed E-state index contributed by atoms with van der Waals surface area (Å²) in [4.78, 5) is 189. The Hall–Kier alpha value is -9.48. The molecule has 0 spiro atoms. The van der Waals surface area contributed by atoms with Crippen molar-refractivity contribution < 1.29 is 101 Å². The molecule has 3 N–H and O–H groups in total. The van der Waals surface area contributed by atoms with Gasteiger partial charge in [0.05, 0.1) is 117 Å². The maximum Gasteiger partial charge on any atom is 0.242 e. The number of allylic oxidation sites excluding steroid dienone is 3. The maximum absolute atomic E-state index is 15.7. The van der Waals surface area contributed by atoms with Gasteiger partial charge in [0.1, 0.15) is 33.9 Å². The predicted molar refractivity (Wildman–Crippen MR) is 536 cm³/mol. The van der Waals surface area contributed by atoms with Crippen LogP contribution in [-0.4, -0.2) is 375 Å². The lowest BCUT2D eigenvalue weighted by molar-refractivity contribution is -0.149. The van der Waals surface area contributed by atoms with Crippen molar-refractivity contribution in [3.8, 4) is 0 Å². The lowest BCUT2D eigenvalue weighted by atomic mass is 9.46. The van der Waals surface area contributed by atoms with Crippen molar-refractivity contribution in [2.24, 2.45) is 85.8 Å². The van der Waals surface area contributed by atoms with Crippen molar-refractivity contribution in [1.29, 1.82) is 0 Å². The molecule has 10 unspecified atom stereocenters. The van der Waals surface area contributed by atoms with Crippen molar-refractivity contribution in [2.75, 3.05) is 200 Å². The van der Waals surface area contributed by atoms with Gasteiger partial charge in [0, 0.05) is 157 Å². The molecule has 810 valence electrons. The van der Waals surface area contributed by atoms with Crippen LogP contribution in [-0.2, 0) is 122 Å². The van der Waals surface area contributed by atoms with Gasteiger partial charge in [-0.25, -0.2) is 0 Å². The van der Waals surface area contributed by atoms with Crippen LogP contribution in [0.15, 0.2) is 53.5 Å². The van der Waals surface area contributed by atoms with Crippen molar-refractivity contribution in [2.45, 2.75) is 251 Å². The van der Waals surface area contributed by atoms with E-state index in [1.54, 1.807) is 32.6 Å². The van der Waals surface area contributed by atoms with Crippen molar-refractivity contribution in [1.82, 2.24) is 89.1 Å². The second-order valence-corrected chi connectivity index (χ2v) is 46.4. The summed E-state index contributed by atoms with van der Waals surface area (Å²) < 4.78 is 38.3. The SMILES string of the molecule is COCCN1CC(=O)N(CCCn2cc(C3(O)CCC4C5CCC6=CC(=O)CC[C@]6(C)C5CC[C@@]43C)nn2)CC(=O)N(CCOC)CC(=O)N(CCOC)CC(=O)N(CCCn2cc([C@]3(O)CCC4C5CCC6=CC(=O)CC[C@]6(C)C5CC[C@@]43C)nn2)CC(=O)N(CCOC)CC(=O)N(CCOC)CC(=O)N(CCCn2cc([C@]3(O)CCC4C5CCC6=CC(=O)CC[C@]6(C)C5CC[C@@]43C)nn2)CC(=O)N(CCOC)CC1=O. The number of aryl methyl sites for hydroxylation is 3. The number of nitrogens with zero attached hydrogens (tertiary/aromatic N) is 18. The molecule has 3 aromatic rings. The van der Waals surface area contributed by atoms with Crippen LogP contribution >= 0.6 is 0 Å². The van der Waals surface area contributed by atoms with E-state index in [1.807, 2.05) is 18.2 Å². The number of hydrogen-bond acceptors (Lipinski definition) is 27. The van der Waals surface area contributed by atoms with Gasteiger partial charge in [-0.3, -0.25) is 71.6 Å². The summed E-state index contributed by atoms with van der Waals surface area (Å²) in [6.07, 6.45) is 29.7. The average Bonchev–Trinajstić information content (AvgIpc) is 1.59. The fraction of sp³-hybridized carbons (Fsp3) is 0.778. The quantitative estimate of drug-likeness (QED) is 0.0582. The minimum Gasteiger partial charge on any atom is -0.383 e. The molecule has 147 heavy (non-hydrogen) atoms. The van der Waals surface area contributed by atoms with Gasteiger partial charge >= 0.3 is 0 Å². The van der Waals surface area contributed by atoms with Crippen LogP contribution in [0, 0.1) is 85.8 Å². The van der Waals surface area contributed by atoms with Crippen molar-refractivity contribution in [3.63, 3.8) is 0 Å². The molecule has 9 amide bonds. The third-order valence-electron chi connectivity index (χ3n) is 39.2. The Morgan fingerprint density at radius 2 is 0.469 bits per heavy atom. The topological polar surface area (TPSA) is 442 Å². The summed E-state index contributed by atoms with van der Waals surface area (Å²) in [5, 5.41) is 67.2. The van der Waals surface area contributed by atoms with Gasteiger partial charge in [-0.05, 0) is 242 Å². The molecule has 0 aromatic carbocycles. The zero-order valence-electron chi connectivity index (χ0n) is 89.1. The first-order chi connectivity index (χ1) is 70.3. The molecular formula is C108H162N18O21. The predicted octanol–water partition coefficient (Wildman–Crippen LogP) is 6.54. The number of ketones is 3. The number of ether oxygens (including phenoxy) is 6. The second kappa shape index (κ2) is 46.0. The standard InChI is InChI=1S/C108H162N18O21/c1-100-31-22-76(127)58-73(100)16-19-79-82(100)25-34-103(4)85(79)28-37-106(103,139)88-61-124(112-109-88)43-13-40-115-64-94(133)121(49-55-145-10)70-98(137)119(47-53-143-8)68-92(131)117(42-15-45-126-63-90(111-114-126)108(141)39-30-87-81-21-18-75-60-78(129)24-33-102(75,3)84(81)27-36-105(87,108)6)66-96(135)123(51-57-147-12)72-99(138)120(48-54-144-9)69-93(132)116(65-95(134)122(50-56-146-11)71-97(136)118(46-52-142-7)67-91(115)130)41-14-44-125-62-89(110-113-125)107(140)38-29-86-80-20-17-74-59-77(128)23-32-101(74,2)83(80)26-35-104(86,107)5/h58-63,79-87,139-141H,13-57,64-72H2,1-12H3/t79?,80?,81?,82?,83?,84?,85?,86?,87?,100-,101-,102-,103-,104-,105-,106+,107+,108?/m0/s1. The first-order valence-corrected chi connectivity index (χ1v) is 54.3.